The van der Waals surface area contributed by atoms with Crippen LogP contribution in [0.4, 0.5) is 23.7 Å². The van der Waals surface area contributed by atoms with E-state index in [4.69, 9.17) is 4.74 Å². The van der Waals surface area contributed by atoms with Gasteiger partial charge in [0, 0.05) is 49.3 Å². The van der Waals surface area contributed by atoms with Gasteiger partial charge in [0.2, 0.25) is 0 Å². The highest BCUT2D eigenvalue weighted by Gasteiger charge is 2.31. The minimum Gasteiger partial charge on any atom is -0.490 e. The van der Waals surface area contributed by atoms with Crippen molar-refractivity contribution in [1.29, 1.82) is 0 Å². The van der Waals surface area contributed by atoms with Crippen LogP contribution in [0, 0.1) is 6.92 Å². The van der Waals surface area contributed by atoms with Gasteiger partial charge in [-0.05, 0) is 66.8 Å². The zero-order chi connectivity index (χ0) is 29.7. The predicted molar refractivity (Wildman–Crippen MR) is 154 cm³/mol. The summed E-state index contributed by atoms with van der Waals surface area (Å²) in [5, 5.41) is 6.06. The van der Waals surface area contributed by atoms with E-state index in [9.17, 15) is 22.8 Å². The second-order valence-electron chi connectivity index (χ2n) is 10.8. The highest BCUT2D eigenvalue weighted by molar-refractivity contribution is 6.09. The number of alkyl halides is 3. The molecule has 2 fully saturated rings. The molecule has 3 aromatic carbocycles. The molecule has 3 aromatic rings. The number of likely N-dealkylation sites (tertiary alicyclic amines) is 1. The molecule has 1 aliphatic heterocycles. The highest BCUT2D eigenvalue weighted by Crippen LogP contribution is 2.32. The number of nitrogens with zero attached hydrogens (tertiary/aromatic N) is 1. The van der Waals surface area contributed by atoms with Crippen molar-refractivity contribution < 1.29 is 32.2 Å². The first-order valence-electron chi connectivity index (χ1n) is 14.2. The molecule has 10 heteroatoms. The zero-order valence-electron chi connectivity index (χ0n) is 23.4. The number of piperidine rings is 1. The number of aryl methyl sites for hydroxylation is 1. The molecule has 222 valence electrons. The van der Waals surface area contributed by atoms with E-state index in [0.29, 0.717) is 60.1 Å². The summed E-state index contributed by atoms with van der Waals surface area (Å²) >= 11 is 0. The van der Waals surface area contributed by atoms with Gasteiger partial charge in [0.1, 0.15) is 17.6 Å². The van der Waals surface area contributed by atoms with Gasteiger partial charge >= 0.3 is 12.4 Å². The van der Waals surface area contributed by atoms with Crippen LogP contribution in [0.3, 0.4) is 0 Å². The van der Waals surface area contributed by atoms with Crippen LogP contribution in [0.1, 0.15) is 54.4 Å². The standard InChI is InChI=1S/C32H34F3N3O4/c1-21-6-4-11-28(29(21)22-12-14-26(15-13-22)42-32(33,34)35)30(39)36-24-9-5-10-27(20-24)41-25-16-18-38(19-17-25)31(40)37-23-7-2-3-8-23/h4-6,9-15,20,23,25H,2-3,7-8,16-19H2,1H3,(H,36,39)(H,37,40). The summed E-state index contributed by atoms with van der Waals surface area (Å²) in [6.45, 7) is 3.09. The lowest BCUT2D eigenvalue weighted by Crippen LogP contribution is -2.48. The molecule has 5 rings (SSSR count). The maximum atomic E-state index is 13.4. The molecular weight excluding hydrogens is 547 g/mol. The SMILES string of the molecule is Cc1cccc(C(=O)Nc2cccc(OC3CCN(C(=O)NC4CCCC4)CC3)c2)c1-c1ccc(OC(F)(F)F)cc1. The van der Waals surface area contributed by atoms with Gasteiger partial charge in [-0.15, -0.1) is 13.2 Å². The molecule has 0 radical (unpaired) electrons. The first-order valence-corrected chi connectivity index (χ1v) is 14.2. The number of nitrogens with one attached hydrogen (secondary N) is 2. The van der Waals surface area contributed by atoms with Gasteiger partial charge in [-0.3, -0.25) is 4.79 Å². The molecule has 0 aromatic heterocycles. The van der Waals surface area contributed by atoms with Gasteiger partial charge in [-0.2, -0.15) is 0 Å². The smallest absolute Gasteiger partial charge is 0.490 e. The molecule has 42 heavy (non-hydrogen) atoms. The van der Waals surface area contributed by atoms with Crippen LogP contribution < -0.4 is 20.1 Å². The number of halogens is 3. The molecule has 1 aliphatic carbocycles. The Morgan fingerprint density at radius 3 is 2.26 bits per heavy atom. The molecule has 1 saturated heterocycles. The first kappa shape index (κ1) is 29.3. The molecule has 1 heterocycles. The topological polar surface area (TPSA) is 79.9 Å². The average molecular weight is 582 g/mol. The third-order valence-electron chi connectivity index (χ3n) is 7.70. The minimum absolute atomic E-state index is 0.00571. The summed E-state index contributed by atoms with van der Waals surface area (Å²) in [4.78, 5) is 27.8. The van der Waals surface area contributed by atoms with E-state index in [0.717, 1.165) is 18.4 Å². The largest absolute Gasteiger partial charge is 0.573 e. The molecule has 0 unspecified atom stereocenters. The van der Waals surface area contributed by atoms with Gasteiger partial charge < -0.3 is 25.0 Å². The molecule has 2 N–H and O–H groups in total. The Hall–Kier alpha value is -4.21. The first-order chi connectivity index (χ1) is 20.1. The van der Waals surface area contributed by atoms with Crippen LogP contribution >= 0.6 is 0 Å². The molecule has 0 bridgehead atoms. The Kier molecular flexibility index (Phi) is 8.89. The van der Waals surface area contributed by atoms with Crippen LogP contribution in [0.15, 0.2) is 66.7 Å². The minimum atomic E-state index is -4.78. The fraction of sp³-hybridized carbons (Fsp3) is 0.375. The zero-order valence-corrected chi connectivity index (χ0v) is 23.4. The lowest BCUT2D eigenvalue weighted by atomic mass is 9.94. The van der Waals surface area contributed by atoms with E-state index in [1.54, 1.807) is 30.3 Å². The number of carbonyl (C=O) groups is 2. The van der Waals surface area contributed by atoms with Crippen molar-refractivity contribution in [2.75, 3.05) is 18.4 Å². The molecule has 0 atom stereocenters. The van der Waals surface area contributed by atoms with E-state index >= 15 is 0 Å². The lowest BCUT2D eigenvalue weighted by Gasteiger charge is -2.33. The second-order valence-corrected chi connectivity index (χ2v) is 10.8. The van der Waals surface area contributed by atoms with Crippen LogP contribution in [0.25, 0.3) is 11.1 Å². The van der Waals surface area contributed by atoms with Gasteiger partial charge in [0.25, 0.3) is 5.91 Å². The number of hydrogen-bond donors (Lipinski definition) is 2. The molecule has 1 saturated carbocycles. The number of benzene rings is 3. The summed E-state index contributed by atoms with van der Waals surface area (Å²) in [6.07, 6.45) is 1.06. The quantitative estimate of drug-likeness (QED) is 0.307. The van der Waals surface area contributed by atoms with E-state index in [2.05, 4.69) is 15.4 Å². The van der Waals surface area contributed by atoms with Crippen molar-refractivity contribution in [3.8, 4) is 22.6 Å². The lowest BCUT2D eigenvalue weighted by molar-refractivity contribution is -0.274. The van der Waals surface area contributed by atoms with Gasteiger partial charge in [-0.25, -0.2) is 4.79 Å². The van der Waals surface area contributed by atoms with Crippen molar-refractivity contribution in [3.05, 3.63) is 77.9 Å². The Balaban J connectivity index is 1.20. The number of amides is 3. The number of urea groups is 1. The fourth-order valence-electron chi connectivity index (χ4n) is 5.61. The number of rotatable bonds is 7. The molecule has 7 nitrogen and oxygen atoms in total. The second kappa shape index (κ2) is 12.8. The highest BCUT2D eigenvalue weighted by atomic mass is 19.4. The summed E-state index contributed by atoms with van der Waals surface area (Å²) < 4.78 is 47.9. The Labute approximate surface area is 243 Å². The number of ether oxygens (including phenoxy) is 2. The van der Waals surface area contributed by atoms with Gasteiger partial charge in [-0.1, -0.05) is 43.2 Å². The third kappa shape index (κ3) is 7.54. The fourth-order valence-corrected chi connectivity index (χ4v) is 5.61. The van der Waals surface area contributed by atoms with Crippen molar-refractivity contribution in [3.63, 3.8) is 0 Å². The maximum absolute atomic E-state index is 13.4. The van der Waals surface area contributed by atoms with Crippen molar-refractivity contribution in [2.45, 2.75) is 64.0 Å². The van der Waals surface area contributed by atoms with Crippen molar-refractivity contribution in [1.82, 2.24) is 10.2 Å². The molecule has 3 amide bonds. The van der Waals surface area contributed by atoms with Gasteiger partial charge in [0.05, 0.1) is 0 Å². The van der Waals surface area contributed by atoms with Crippen LogP contribution in [0.5, 0.6) is 11.5 Å². The van der Waals surface area contributed by atoms with E-state index < -0.39 is 6.36 Å². The maximum Gasteiger partial charge on any atom is 0.573 e. The molecule has 0 spiro atoms. The van der Waals surface area contributed by atoms with Crippen molar-refractivity contribution >= 4 is 17.6 Å². The number of carbonyl (C=O) groups excluding carboxylic acids is 2. The summed E-state index contributed by atoms with van der Waals surface area (Å²) in [5.74, 6) is -0.0740. The summed E-state index contributed by atoms with van der Waals surface area (Å²) in [6, 6.07) is 18.2. The number of anilines is 1. The Bertz CT molecular complexity index is 1400. The Morgan fingerprint density at radius 1 is 0.881 bits per heavy atom. The Morgan fingerprint density at radius 2 is 1.57 bits per heavy atom. The van der Waals surface area contributed by atoms with Gasteiger partial charge in [0.15, 0.2) is 0 Å². The molecule has 2 aliphatic rings. The average Bonchev–Trinajstić information content (AvgIpc) is 3.46. The normalized spacial score (nSPS) is 16.2. The van der Waals surface area contributed by atoms with E-state index in [-0.39, 0.29) is 23.8 Å². The molecular formula is C32H34F3N3O4. The van der Waals surface area contributed by atoms with Crippen LogP contribution in [-0.4, -0.2) is 48.4 Å². The van der Waals surface area contributed by atoms with Crippen LogP contribution in [0.2, 0.25) is 0 Å². The summed E-state index contributed by atoms with van der Waals surface area (Å²) in [7, 11) is 0. The van der Waals surface area contributed by atoms with Crippen molar-refractivity contribution in [2.24, 2.45) is 0 Å². The third-order valence-corrected chi connectivity index (χ3v) is 7.70. The van der Waals surface area contributed by atoms with E-state index in [1.165, 1.54) is 37.1 Å². The monoisotopic (exact) mass is 581 g/mol. The number of hydrogen-bond acceptors (Lipinski definition) is 4. The summed E-state index contributed by atoms with van der Waals surface area (Å²) in [5.41, 5.74) is 2.94. The predicted octanol–water partition coefficient (Wildman–Crippen LogP) is 7.31. The van der Waals surface area contributed by atoms with E-state index in [1.807, 2.05) is 24.0 Å². The van der Waals surface area contributed by atoms with Crippen LogP contribution in [-0.2, 0) is 0 Å².